The van der Waals surface area contributed by atoms with E-state index < -0.39 is 4.92 Å². The summed E-state index contributed by atoms with van der Waals surface area (Å²) in [5.74, 6) is -0.234. The van der Waals surface area contributed by atoms with Crippen LogP contribution in [0.15, 0.2) is 24.0 Å². The number of carbonyl (C=O) groups is 1. The Bertz CT molecular complexity index is 899. The standard InChI is InChI=1S/C13H15N7O4S/c1-24-4-2-14-10(21)8-18-7-9(6-15-18)16-11-12(20(22)23)19-3-5-25-13(19)17-11/h3,5-7,16H,2,4,8H2,1H3,(H,14,21). The molecular formula is C13H15N7O4S. The maximum absolute atomic E-state index is 11.7. The molecule has 0 fully saturated rings. The minimum atomic E-state index is -0.497. The van der Waals surface area contributed by atoms with Crippen LogP contribution in [-0.2, 0) is 16.1 Å². The predicted molar refractivity (Wildman–Crippen MR) is 90.1 cm³/mol. The van der Waals surface area contributed by atoms with E-state index in [9.17, 15) is 14.9 Å². The number of hydrogen-bond donors (Lipinski definition) is 2. The van der Waals surface area contributed by atoms with E-state index in [1.54, 1.807) is 24.9 Å². The summed E-state index contributed by atoms with van der Waals surface area (Å²) in [4.78, 5) is 27.2. The summed E-state index contributed by atoms with van der Waals surface area (Å²) in [5, 5.41) is 22.6. The van der Waals surface area contributed by atoms with E-state index in [1.807, 2.05) is 0 Å². The monoisotopic (exact) mass is 365 g/mol. The molecule has 0 saturated carbocycles. The lowest BCUT2D eigenvalue weighted by molar-refractivity contribution is -0.389. The number of amides is 1. The lowest BCUT2D eigenvalue weighted by atomic mass is 10.5. The van der Waals surface area contributed by atoms with E-state index in [0.29, 0.717) is 23.8 Å². The van der Waals surface area contributed by atoms with Gasteiger partial charge in [-0.2, -0.15) is 14.5 Å². The number of rotatable bonds is 8. The third-order valence-corrected chi connectivity index (χ3v) is 4.00. The third kappa shape index (κ3) is 3.75. The Morgan fingerprint density at radius 3 is 3.12 bits per heavy atom. The average Bonchev–Trinajstić information content (AvgIpc) is 3.23. The van der Waals surface area contributed by atoms with Crippen molar-refractivity contribution in [2.75, 3.05) is 25.6 Å². The molecule has 0 radical (unpaired) electrons. The highest BCUT2D eigenvalue weighted by Gasteiger charge is 2.24. The highest BCUT2D eigenvalue weighted by molar-refractivity contribution is 7.15. The molecule has 0 spiro atoms. The maximum Gasteiger partial charge on any atom is 0.373 e. The van der Waals surface area contributed by atoms with Gasteiger partial charge in [-0.25, -0.2) is 0 Å². The first-order chi connectivity index (χ1) is 12.1. The molecule has 0 aliphatic heterocycles. The summed E-state index contributed by atoms with van der Waals surface area (Å²) in [5.41, 5.74) is 0.499. The molecule has 0 bridgehead atoms. The Labute approximate surface area is 145 Å². The van der Waals surface area contributed by atoms with E-state index in [2.05, 4.69) is 20.7 Å². The van der Waals surface area contributed by atoms with Crippen molar-refractivity contribution < 1.29 is 14.5 Å². The van der Waals surface area contributed by atoms with Gasteiger partial charge in [0.05, 0.1) is 18.5 Å². The highest BCUT2D eigenvalue weighted by atomic mass is 32.1. The topological polar surface area (TPSA) is 129 Å². The van der Waals surface area contributed by atoms with Crippen LogP contribution in [0.2, 0.25) is 0 Å². The van der Waals surface area contributed by atoms with E-state index in [0.717, 1.165) is 0 Å². The fraction of sp³-hybridized carbons (Fsp3) is 0.308. The van der Waals surface area contributed by atoms with Gasteiger partial charge < -0.3 is 25.5 Å². The molecule has 3 rings (SSSR count). The van der Waals surface area contributed by atoms with Gasteiger partial charge in [-0.1, -0.05) is 11.3 Å². The Balaban J connectivity index is 1.69. The molecule has 12 heteroatoms. The van der Waals surface area contributed by atoms with Crippen molar-refractivity contribution >= 4 is 39.5 Å². The molecule has 132 valence electrons. The van der Waals surface area contributed by atoms with Crippen LogP contribution in [0, 0.1) is 10.1 Å². The smallest absolute Gasteiger partial charge is 0.373 e. The molecule has 11 nitrogen and oxygen atoms in total. The quantitative estimate of drug-likeness (QED) is 0.346. The Morgan fingerprint density at radius 1 is 1.52 bits per heavy atom. The van der Waals surface area contributed by atoms with Gasteiger partial charge in [0, 0.05) is 25.2 Å². The Kier molecular flexibility index (Phi) is 4.90. The van der Waals surface area contributed by atoms with E-state index in [-0.39, 0.29) is 24.1 Å². The molecule has 1 amide bonds. The van der Waals surface area contributed by atoms with Gasteiger partial charge in [0.25, 0.3) is 4.96 Å². The van der Waals surface area contributed by atoms with Crippen LogP contribution in [-0.4, -0.2) is 50.3 Å². The molecule has 3 heterocycles. The van der Waals surface area contributed by atoms with Gasteiger partial charge >= 0.3 is 5.82 Å². The van der Waals surface area contributed by atoms with Crippen LogP contribution in [0.1, 0.15) is 0 Å². The third-order valence-electron chi connectivity index (χ3n) is 3.24. The van der Waals surface area contributed by atoms with Crippen molar-refractivity contribution in [1.82, 2.24) is 24.5 Å². The highest BCUT2D eigenvalue weighted by Crippen LogP contribution is 2.30. The molecule has 2 N–H and O–H groups in total. The lowest BCUT2D eigenvalue weighted by Crippen LogP contribution is -2.30. The van der Waals surface area contributed by atoms with Crippen LogP contribution in [0.3, 0.4) is 0 Å². The SMILES string of the molecule is COCCNC(=O)Cn1cc(Nc2nc3sccn3c2[N+](=O)[O-])cn1. The number of nitro groups is 1. The first-order valence-corrected chi connectivity index (χ1v) is 8.11. The largest absolute Gasteiger partial charge is 0.383 e. The van der Waals surface area contributed by atoms with Gasteiger partial charge in [-0.3, -0.25) is 9.48 Å². The number of aromatic nitrogens is 4. The molecule has 0 aromatic carbocycles. The van der Waals surface area contributed by atoms with Crippen molar-refractivity contribution in [3.63, 3.8) is 0 Å². The molecule has 3 aromatic rings. The molecule has 0 aliphatic rings. The van der Waals surface area contributed by atoms with Gasteiger partial charge in [0.1, 0.15) is 12.7 Å². The van der Waals surface area contributed by atoms with Gasteiger partial charge in [-0.05, 0) is 4.92 Å². The number of fused-ring (bicyclic) bond motifs is 1. The first-order valence-electron chi connectivity index (χ1n) is 7.23. The van der Waals surface area contributed by atoms with Crippen LogP contribution < -0.4 is 10.6 Å². The molecule has 3 aromatic heterocycles. The minimum absolute atomic E-state index is 0.0335. The van der Waals surface area contributed by atoms with Crippen LogP contribution >= 0.6 is 11.3 Å². The van der Waals surface area contributed by atoms with Crippen LogP contribution in [0.25, 0.3) is 4.96 Å². The summed E-state index contributed by atoms with van der Waals surface area (Å²) in [7, 11) is 1.55. The molecule has 0 atom stereocenters. The fourth-order valence-corrected chi connectivity index (χ4v) is 2.89. The zero-order valence-corrected chi connectivity index (χ0v) is 14.0. The molecular weight excluding hydrogens is 350 g/mol. The average molecular weight is 365 g/mol. The number of hydrogen-bond acceptors (Lipinski definition) is 8. The lowest BCUT2D eigenvalue weighted by Gasteiger charge is -2.04. The maximum atomic E-state index is 11.7. The van der Waals surface area contributed by atoms with Gasteiger partial charge in [0.15, 0.2) is 0 Å². The fourth-order valence-electron chi connectivity index (χ4n) is 2.18. The molecule has 0 unspecified atom stereocenters. The number of imidazole rings is 1. The van der Waals surface area contributed by atoms with E-state index in [1.165, 1.54) is 26.6 Å². The number of anilines is 2. The minimum Gasteiger partial charge on any atom is -0.383 e. The van der Waals surface area contributed by atoms with E-state index >= 15 is 0 Å². The molecule has 0 aliphatic carbocycles. The second-order valence-electron chi connectivity index (χ2n) is 4.99. The summed E-state index contributed by atoms with van der Waals surface area (Å²) < 4.78 is 7.68. The number of ether oxygens (including phenoxy) is 1. The number of methoxy groups -OCH3 is 1. The summed E-state index contributed by atoms with van der Waals surface area (Å²) in [6.45, 7) is 0.879. The normalized spacial score (nSPS) is 10.9. The number of thiazole rings is 1. The predicted octanol–water partition coefficient (Wildman–Crippen LogP) is 1.01. The van der Waals surface area contributed by atoms with E-state index in [4.69, 9.17) is 4.74 Å². The van der Waals surface area contributed by atoms with Crippen molar-refractivity contribution in [2.24, 2.45) is 0 Å². The van der Waals surface area contributed by atoms with Crippen LogP contribution in [0.5, 0.6) is 0 Å². The summed E-state index contributed by atoms with van der Waals surface area (Å²) in [6, 6.07) is 0. The summed E-state index contributed by atoms with van der Waals surface area (Å²) >= 11 is 1.30. The van der Waals surface area contributed by atoms with Crippen molar-refractivity contribution in [3.05, 3.63) is 34.1 Å². The first kappa shape index (κ1) is 16.9. The van der Waals surface area contributed by atoms with Gasteiger partial charge in [-0.15, -0.1) is 0 Å². The zero-order valence-electron chi connectivity index (χ0n) is 13.2. The molecule has 25 heavy (non-hydrogen) atoms. The number of nitrogens with zero attached hydrogens (tertiary/aromatic N) is 5. The van der Waals surface area contributed by atoms with Crippen molar-refractivity contribution in [3.8, 4) is 0 Å². The van der Waals surface area contributed by atoms with Crippen molar-refractivity contribution in [2.45, 2.75) is 6.54 Å². The van der Waals surface area contributed by atoms with Crippen LogP contribution in [0.4, 0.5) is 17.3 Å². The second kappa shape index (κ2) is 7.27. The number of nitrogens with one attached hydrogen (secondary N) is 2. The summed E-state index contributed by atoms with van der Waals surface area (Å²) in [6.07, 6.45) is 4.64. The Morgan fingerprint density at radius 2 is 2.36 bits per heavy atom. The van der Waals surface area contributed by atoms with Gasteiger partial charge in [0.2, 0.25) is 11.7 Å². The van der Waals surface area contributed by atoms with Crippen molar-refractivity contribution in [1.29, 1.82) is 0 Å². The number of carbonyl (C=O) groups excluding carboxylic acids is 1. The molecule has 0 saturated heterocycles. The second-order valence-corrected chi connectivity index (χ2v) is 5.86. The zero-order chi connectivity index (χ0) is 17.8. The Hall–Kier alpha value is -2.99.